The van der Waals surface area contributed by atoms with E-state index in [4.69, 9.17) is 19.1 Å². The lowest BCUT2D eigenvalue weighted by Crippen LogP contribution is -2.29. The van der Waals surface area contributed by atoms with Crippen LogP contribution >= 0.6 is 7.82 Å². The van der Waals surface area contributed by atoms with E-state index in [0.29, 0.717) is 12.8 Å². The summed E-state index contributed by atoms with van der Waals surface area (Å²) in [6.45, 7) is 2.28. The zero-order valence-corrected chi connectivity index (χ0v) is 38.1. The molecule has 0 fully saturated rings. The van der Waals surface area contributed by atoms with Crippen molar-refractivity contribution in [1.29, 1.82) is 0 Å². The monoisotopic (exact) mass is 853 g/mol. The second-order valence-electron chi connectivity index (χ2n) is 15.4. The number of ether oxygens (including phenoxy) is 2. The number of aliphatic hydroxyl groups excluding tert-OH is 2. The third-order valence-corrected chi connectivity index (χ3v) is 10.6. The van der Waals surface area contributed by atoms with E-state index in [9.17, 15) is 24.2 Å². The number of carbonyl (C=O) groups is 2. The first kappa shape index (κ1) is 56.7. The van der Waals surface area contributed by atoms with Gasteiger partial charge in [-0.1, -0.05) is 190 Å². The topological polar surface area (TPSA) is 149 Å². The largest absolute Gasteiger partial charge is 0.472 e. The highest BCUT2D eigenvalue weighted by atomic mass is 31.2. The van der Waals surface area contributed by atoms with Gasteiger partial charge in [0.25, 0.3) is 0 Å². The number of esters is 2. The molecular weight excluding hydrogens is 767 g/mol. The van der Waals surface area contributed by atoms with Crippen LogP contribution in [0, 0.1) is 0 Å². The second kappa shape index (κ2) is 43.7. The molecule has 0 aliphatic heterocycles. The predicted octanol–water partition coefficient (Wildman–Crippen LogP) is 12.7. The molecule has 1 unspecified atom stereocenters. The fraction of sp³-hybridized carbons (Fsp3) is 0.750. The first-order valence-corrected chi connectivity index (χ1v) is 24.7. The molecule has 0 spiro atoms. The molecule has 0 bridgehead atoms. The number of hydrogen-bond acceptors (Lipinski definition) is 9. The van der Waals surface area contributed by atoms with E-state index in [1.807, 2.05) is 12.2 Å². The molecule has 0 radical (unpaired) electrons. The van der Waals surface area contributed by atoms with Crippen molar-refractivity contribution in [1.82, 2.24) is 0 Å². The maximum Gasteiger partial charge on any atom is 0.472 e. The summed E-state index contributed by atoms with van der Waals surface area (Å²) in [6, 6.07) is 0. The van der Waals surface area contributed by atoms with E-state index in [1.54, 1.807) is 0 Å². The Balaban J connectivity index is 4.37. The lowest BCUT2D eigenvalue weighted by atomic mass is 10.0. The summed E-state index contributed by atoms with van der Waals surface area (Å²) in [6.07, 6.45) is 49.1. The van der Waals surface area contributed by atoms with E-state index in [-0.39, 0.29) is 19.4 Å². The van der Waals surface area contributed by atoms with Crippen molar-refractivity contribution in [2.45, 2.75) is 206 Å². The van der Waals surface area contributed by atoms with E-state index >= 15 is 0 Å². The van der Waals surface area contributed by atoms with Crippen LogP contribution in [0.15, 0.2) is 60.8 Å². The molecule has 342 valence electrons. The van der Waals surface area contributed by atoms with E-state index in [2.05, 4.69) is 67.0 Å². The molecule has 0 heterocycles. The molecule has 0 aromatic rings. The zero-order valence-electron chi connectivity index (χ0n) is 37.2. The van der Waals surface area contributed by atoms with Crippen LogP contribution in [0.2, 0.25) is 0 Å². The summed E-state index contributed by atoms with van der Waals surface area (Å²) in [7, 11) is -4.64. The highest BCUT2D eigenvalue weighted by Gasteiger charge is 2.27. The average Bonchev–Trinajstić information content (AvgIpc) is 3.22. The molecule has 10 nitrogen and oxygen atoms in total. The third-order valence-electron chi connectivity index (χ3n) is 9.69. The number of allylic oxidation sites excluding steroid dienone is 10. The van der Waals surface area contributed by atoms with Gasteiger partial charge in [-0.25, -0.2) is 4.57 Å². The van der Waals surface area contributed by atoms with Gasteiger partial charge in [0, 0.05) is 12.8 Å². The van der Waals surface area contributed by atoms with Gasteiger partial charge in [0.15, 0.2) is 6.10 Å². The summed E-state index contributed by atoms with van der Waals surface area (Å²) in [5.41, 5.74) is 0. The number of aliphatic hydroxyl groups is 2. The quantitative estimate of drug-likeness (QED) is 0.0234. The van der Waals surface area contributed by atoms with Crippen molar-refractivity contribution in [3.05, 3.63) is 60.8 Å². The Bertz CT molecular complexity index is 1160. The minimum atomic E-state index is -4.64. The minimum Gasteiger partial charge on any atom is -0.462 e. The van der Waals surface area contributed by atoms with Crippen molar-refractivity contribution in [3.8, 4) is 0 Å². The molecule has 0 rings (SSSR count). The highest BCUT2D eigenvalue weighted by Crippen LogP contribution is 2.43. The summed E-state index contributed by atoms with van der Waals surface area (Å²) in [5.74, 6) is -1.02. The van der Waals surface area contributed by atoms with Crippen molar-refractivity contribution in [2.24, 2.45) is 0 Å². The summed E-state index contributed by atoms with van der Waals surface area (Å²) >= 11 is 0. The van der Waals surface area contributed by atoms with E-state index < -0.39 is 51.8 Å². The van der Waals surface area contributed by atoms with Crippen molar-refractivity contribution in [2.75, 3.05) is 26.4 Å². The maximum absolute atomic E-state index is 12.6. The Morgan fingerprint density at radius 2 is 0.915 bits per heavy atom. The average molecular weight is 853 g/mol. The fourth-order valence-corrected chi connectivity index (χ4v) is 6.88. The lowest BCUT2D eigenvalue weighted by Gasteiger charge is -2.20. The molecular formula is C48H85O10P. The van der Waals surface area contributed by atoms with Crippen molar-refractivity contribution < 1.29 is 47.8 Å². The van der Waals surface area contributed by atoms with Gasteiger partial charge in [-0.15, -0.1) is 0 Å². The normalized spacial score (nSPS) is 14.3. The minimum absolute atomic E-state index is 0.0603. The molecule has 0 aliphatic rings. The maximum atomic E-state index is 12.6. The first-order valence-electron chi connectivity index (χ1n) is 23.2. The van der Waals surface area contributed by atoms with Gasteiger partial charge in [0.1, 0.15) is 12.7 Å². The molecule has 3 atom stereocenters. The first-order chi connectivity index (χ1) is 28.7. The summed E-state index contributed by atoms with van der Waals surface area (Å²) in [4.78, 5) is 35.0. The van der Waals surface area contributed by atoms with Crippen molar-refractivity contribution >= 4 is 19.8 Å². The Morgan fingerprint density at radius 3 is 1.39 bits per heavy atom. The third kappa shape index (κ3) is 43.6. The number of hydrogen-bond donors (Lipinski definition) is 3. The fourth-order valence-electron chi connectivity index (χ4n) is 6.09. The van der Waals surface area contributed by atoms with Crippen LogP contribution in [0.25, 0.3) is 0 Å². The molecule has 0 aromatic carbocycles. The predicted molar refractivity (Wildman–Crippen MR) is 242 cm³/mol. The number of unbranched alkanes of at least 4 members (excludes halogenated alkanes) is 19. The molecule has 0 amide bonds. The van der Waals surface area contributed by atoms with Gasteiger partial charge in [-0.05, 0) is 51.4 Å². The SMILES string of the molecule is CCCCC/C=C/C/C=C/C/C=C/C/C=C/C/C=C/CCC(=O)O[C@H](COC(=O)CCCCCCCCCCCCCCCCCCC)COP(=O)(O)OC[C@@H](O)CO. The van der Waals surface area contributed by atoms with Gasteiger partial charge < -0.3 is 24.6 Å². The molecule has 0 saturated heterocycles. The van der Waals surface area contributed by atoms with Crippen LogP contribution in [0.5, 0.6) is 0 Å². The van der Waals surface area contributed by atoms with Crippen LogP contribution in [-0.2, 0) is 32.7 Å². The Labute approximate surface area is 359 Å². The molecule has 0 saturated carbocycles. The standard InChI is InChI=1S/C48H85O10P/c1-3-5-7-9-11-13-15-17-19-21-22-24-26-28-30-32-34-36-38-40-48(52)58-46(44-57-59(53,54)56-42-45(50)41-49)43-55-47(51)39-37-35-33-31-29-27-25-23-20-18-16-14-12-10-8-6-4-2/h11,13,17,19,22,24,28,30,34,36,45-46,49-50H,3-10,12,14-16,18,20-21,23,25-27,29,31-33,35,37-44H2,1-2H3,(H,53,54)/b13-11+,19-17+,24-22+,30-28+,36-34+/t45-,46+/m0/s1. The Hall–Kier alpha value is -2.33. The highest BCUT2D eigenvalue weighted by molar-refractivity contribution is 7.47. The summed E-state index contributed by atoms with van der Waals surface area (Å²) in [5, 5.41) is 18.4. The van der Waals surface area contributed by atoms with Gasteiger partial charge >= 0.3 is 19.8 Å². The summed E-state index contributed by atoms with van der Waals surface area (Å²) < 4.78 is 32.7. The number of phosphoric acid groups is 1. The number of phosphoric ester groups is 1. The molecule has 0 aliphatic carbocycles. The molecule has 3 N–H and O–H groups in total. The van der Waals surface area contributed by atoms with E-state index in [1.165, 1.54) is 109 Å². The van der Waals surface area contributed by atoms with Crippen LogP contribution < -0.4 is 0 Å². The van der Waals surface area contributed by atoms with Crippen LogP contribution in [0.4, 0.5) is 0 Å². The smallest absolute Gasteiger partial charge is 0.462 e. The van der Waals surface area contributed by atoms with Gasteiger partial charge in [-0.3, -0.25) is 18.6 Å². The molecule has 0 aromatic heterocycles. The van der Waals surface area contributed by atoms with E-state index in [0.717, 1.165) is 44.9 Å². The van der Waals surface area contributed by atoms with Crippen LogP contribution in [-0.4, -0.2) is 65.7 Å². The van der Waals surface area contributed by atoms with Gasteiger partial charge in [0.05, 0.1) is 19.8 Å². The Morgan fingerprint density at radius 1 is 0.508 bits per heavy atom. The number of carbonyl (C=O) groups excluding carboxylic acids is 2. The molecule has 11 heteroatoms. The lowest BCUT2D eigenvalue weighted by molar-refractivity contribution is -0.161. The van der Waals surface area contributed by atoms with Crippen LogP contribution in [0.1, 0.15) is 194 Å². The zero-order chi connectivity index (χ0) is 43.3. The second-order valence-corrected chi connectivity index (χ2v) is 16.9. The van der Waals surface area contributed by atoms with Crippen LogP contribution in [0.3, 0.4) is 0 Å². The van der Waals surface area contributed by atoms with Gasteiger partial charge in [0.2, 0.25) is 0 Å². The molecule has 59 heavy (non-hydrogen) atoms. The van der Waals surface area contributed by atoms with Gasteiger partial charge in [-0.2, -0.15) is 0 Å². The number of rotatable bonds is 43. The van der Waals surface area contributed by atoms with Crippen molar-refractivity contribution in [3.63, 3.8) is 0 Å². The Kier molecular flexibility index (Phi) is 42.0.